The van der Waals surface area contributed by atoms with Crippen molar-refractivity contribution in [3.63, 3.8) is 0 Å². The van der Waals surface area contributed by atoms with Crippen molar-refractivity contribution >= 4 is 11.9 Å². The van der Waals surface area contributed by atoms with Gasteiger partial charge in [0, 0.05) is 26.7 Å². The number of aliphatic carboxylic acids is 1. The van der Waals surface area contributed by atoms with E-state index in [1.54, 1.807) is 21.0 Å². The normalized spacial score (nSPS) is 11.2. The van der Waals surface area contributed by atoms with Crippen LogP contribution in [0, 0.1) is 5.41 Å². The van der Waals surface area contributed by atoms with E-state index < -0.39 is 11.4 Å². The van der Waals surface area contributed by atoms with E-state index in [0.717, 1.165) is 25.9 Å². The number of ether oxygens (including phenoxy) is 1. The summed E-state index contributed by atoms with van der Waals surface area (Å²) in [4.78, 5) is 22.3. The molecule has 0 atom stereocenters. The van der Waals surface area contributed by atoms with E-state index in [1.807, 2.05) is 0 Å². The second-order valence-electron chi connectivity index (χ2n) is 4.77. The van der Waals surface area contributed by atoms with E-state index in [4.69, 9.17) is 9.84 Å². The Labute approximate surface area is 103 Å². The highest BCUT2D eigenvalue weighted by Crippen LogP contribution is 2.19. The van der Waals surface area contributed by atoms with Gasteiger partial charge in [0.25, 0.3) is 0 Å². The van der Waals surface area contributed by atoms with Crippen molar-refractivity contribution in [3.8, 4) is 0 Å². The minimum atomic E-state index is -1.000. The van der Waals surface area contributed by atoms with Crippen LogP contribution in [-0.4, -0.2) is 37.2 Å². The van der Waals surface area contributed by atoms with E-state index >= 15 is 0 Å². The van der Waals surface area contributed by atoms with Gasteiger partial charge in [-0.05, 0) is 33.1 Å². The second-order valence-corrected chi connectivity index (χ2v) is 4.77. The number of carbonyl (C=O) groups is 2. The lowest BCUT2D eigenvalue weighted by molar-refractivity contribution is -0.149. The Bertz CT molecular complexity index is 251. The number of carboxylic acids is 1. The zero-order chi connectivity index (χ0) is 13.3. The van der Waals surface area contributed by atoms with Crippen LogP contribution in [-0.2, 0) is 14.3 Å². The van der Waals surface area contributed by atoms with Crippen molar-refractivity contribution < 1.29 is 19.4 Å². The van der Waals surface area contributed by atoms with Crippen molar-refractivity contribution in [1.82, 2.24) is 5.32 Å². The largest absolute Gasteiger partial charge is 0.481 e. The topological polar surface area (TPSA) is 75.6 Å². The smallest absolute Gasteiger partial charge is 0.309 e. The van der Waals surface area contributed by atoms with E-state index in [9.17, 15) is 9.59 Å². The molecular weight excluding hydrogens is 222 g/mol. The van der Waals surface area contributed by atoms with Crippen LogP contribution in [0.4, 0.5) is 0 Å². The van der Waals surface area contributed by atoms with Crippen LogP contribution in [0.3, 0.4) is 0 Å². The maximum atomic E-state index is 11.5. The average molecular weight is 245 g/mol. The van der Waals surface area contributed by atoms with Crippen LogP contribution in [0.1, 0.15) is 39.5 Å². The van der Waals surface area contributed by atoms with Crippen molar-refractivity contribution in [2.24, 2.45) is 5.41 Å². The summed E-state index contributed by atoms with van der Waals surface area (Å²) in [5, 5.41) is 11.6. The number of carbonyl (C=O) groups excluding carboxylic acids is 1. The molecule has 0 unspecified atom stereocenters. The van der Waals surface area contributed by atoms with Gasteiger partial charge >= 0.3 is 5.97 Å². The molecule has 0 saturated heterocycles. The molecule has 0 aliphatic heterocycles. The first-order chi connectivity index (χ1) is 7.90. The molecule has 0 fully saturated rings. The number of rotatable bonds is 9. The minimum absolute atomic E-state index is 0.0143. The Morgan fingerprint density at radius 3 is 2.41 bits per heavy atom. The Morgan fingerprint density at radius 2 is 1.88 bits per heavy atom. The first-order valence-electron chi connectivity index (χ1n) is 5.89. The lowest BCUT2D eigenvalue weighted by atomic mass is 9.89. The third-order valence-electron chi connectivity index (χ3n) is 2.53. The number of amides is 1. The van der Waals surface area contributed by atoms with Gasteiger partial charge in [-0.2, -0.15) is 0 Å². The zero-order valence-electron chi connectivity index (χ0n) is 10.9. The lowest BCUT2D eigenvalue weighted by Crippen LogP contribution is -2.33. The number of hydrogen-bond donors (Lipinski definition) is 2. The highest BCUT2D eigenvalue weighted by Gasteiger charge is 2.29. The van der Waals surface area contributed by atoms with Gasteiger partial charge in [0.05, 0.1) is 5.41 Å². The summed E-state index contributed by atoms with van der Waals surface area (Å²) in [6.45, 7) is 4.43. The Hall–Kier alpha value is -1.10. The highest BCUT2D eigenvalue weighted by molar-refractivity contribution is 5.84. The van der Waals surface area contributed by atoms with Crippen molar-refractivity contribution in [1.29, 1.82) is 0 Å². The summed E-state index contributed by atoms with van der Waals surface area (Å²) >= 11 is 0. The minimum Gasteiger partial charge on any atom is -0.481 e. The van der Waals surface area contributed by atoms with Crippen LogP contribution in [0.5, 0.6) is 0 Å². The molecule has 0 aliphatic rings. The fraction of sp³-hybridized carbons (Fsp3) is 0.833. The Balaban J connectivity index is 3.63. The molecule has 0 aliphatic carbocycles. The number of carboxylic acid groups (broad SMARTS) is 1. The summed E-state index contributed by atoms with van der Waals surface area (Å²) in [5.41, 5.74) is -1.000. The van der Waals surface area contributed by atoms with E-state index in [1.165, 1.54) is 0 Å². The number of nitrogens with one attached hydrogen (secondary N) is 1. The maximum Gasteiger partial charge on any atom is 0.309 e. The summed E-state index contributed by atoms with van der Waals surface area (Å²) in [7, 11) is 1.66. The molecule has 0 aromatic rings. The predicted molar refractivity (Wildman–Crippen MR) is 64.8 cm³/mol. The van der Waals surface area contributed by atoms with Crippen molar-refractivity contribution in [3.05, 3.63) is 0 Å². The molecule has 0 bridgehead atoms. The van der Waals surface area contributed by atoms with Crippen LogP contribution in [0.25, 0.3) is 0 Å². The monoisotopic (exact) mass is 245 g/mol. The molecule has 1 amide bonds. The van der Waals surface area contributed by atoms with Crippen molar-refractivity contribution in [2.45, 2.75) is 39.5 Å². The SMILES string of the molecule is COCCCCCNC(=O)CC(C)(C)C(=O)O. The second kappa shape index (κ2) is 8.06. The summed E-state index contributed by atoms with van der Waals surface area (Å²) in [6, 6.07) is 0. The first kappa shape index (κ1) is 15.9. The summed E-state index contributed by atoms with van der Waals surface area (Å²) in [6.07, 6.45) is 2.88. The van der Waals surface area contributed by atoms with E-state index in [-0.39, 0.29) is 12.3 Å². The number of hydrogen-bond acceptors (Lipinski definition) is 3. The van der Waals surface area contributed by atoms with Crippen LogP contribution in [0.2, 0.25) is 0 Å². The molecule has 0 radical (unpaired) electrons. The molecule has 0 aromatic heterocycles. The third-order valence-corrected chi connectivity index (χ3v) is 2.53. The van der Waals surface area contributed by atoms with Gasteiger partial charge in [-0.1, -0.05) is 0 Å². The lowest BCUT2D eigenvalue weighted by Gasteiger charge is -2.18. The van der Waals surface area contributed by atoms with Crippen molar-refractivity contribution in [2.75, 3.05) is 20.3 Å². The average Bonchev–Trinajstić information content (AvgIpc) is 2.22. The quantitative estimate of drug-likeness (QED) is 0.602. The molecule has 100 valence electrons. The van der Waals surface area contributed by atoms with Gasteiger partial charge in [-0.15, -0.1) is 0 Å². The number of methoxy groups -OCH3 is 1. The van der Waals surface area contributed by atoms with E-state index in [2.05, 4.69) is 5.32 Å². The zero-order valence-corrected chi connectivity index (χ0v) is 10.9. The first-order valence-corrected chi connectivity index (χ1v) is 5.89. The van der Waals surface area contributed by atoms with E-state index in [0.29, 0.717) is 6.54 Å². The van der Waals surface area contributed by atoms with Gasteiger partial charge in [0.1, 0.15) is 0 Å². The standard InChI is InChI=1S/C12H23NO4/c1-12(2,11(15)16)9-10(14)13-7-5-4-6-8-17-3/h4-9H2,1-3H3,(H,13,14)(H,15,16). The summed E-state index contributed by atoms with van der Waals surface area (Å²) in [5.74, 6) is -1.16. The van der Waals surface area contributed by atoms with Gasteiger partial charge < -0.3 is 15.2 Å². The highest BCUT2D eigenvalue weighted by atomic mass is 16.5. The van der Waals surface area contributed by atoms with Gasteiger partial charge in [-0.25, -0.2) is 0 Å². The molecule has 5 nitrogen and oxygen atoms in total. The van der Waals surface area contributed by atoms with Crippen LogP contribution < -0.4 is 5.32 Å². The van der Waals surface area contributed by atoms with Gasteiger partial charge in [0.2, 0.25) is 5.91 Å². The molecular formula is C12H23NO4. The number of unbranched alkanes of at least 4 members (excludes halogenated alkanes) is 2. The molecule has 0 aromatic carbocycles. The summed E-state index contributed by atoms with van der Waals surface area (Å²) < 4.78 is 4.91. The molecule has 17 heavy (non-hydrogen) atoms. The molecule has 0 spiro atoms. The fourth-order valence-corrected chi connectivity index (χ4v) is 1.32. The molecule has 5 heteroatoms. The predicted octanol–water partition coefficient (Wildman–Crippen LogP) is 1.42. The van der Waals surface area contributed by atoms with Gasteiger partial charge in [0.15, 0.2) is 0 Å². The van der Waals surface area contributed by atoms with Crippen LogP contribution >= 0.6 is 0 Å². The molecule has 2 N–H and O–H groups in total. The maximum absolute atomic E-state index is 11.5. The molecule has 0 heterocycles. The Kier molecular flexibility index (Phi) is 7.54. The van der Waals surface area contributed by atoms with Crippen LogP contribution in [0.15, 0.2) is 0 Å². The Morgan fingerprint density at radius 1 is 1.24 bits per heavy atom. The molecule has 0 saturated carbocycles. The third kappa shape index (κ3) is 7.74. The molecule has 0 rings (SSSR count). The fourth-order valence-electron chi connectivity index (χ4n) is 1.32. The van der Waals surface area contributed by atoms with Gasteiger partial charge in [-0.3, -0.25) is 9.59 Å².